The van der Waals surface area contributed by atoms with Crippen LogP contribution in [0, 0.1) is 5.92 Å². The van der Waals surface area contributed by atoms with Gasteiger partial charge in [-0.3, -0.25) is 4.79 Å². The Bertz CT molecular complexity index is 350. The van der Waals surface area contributed by atoms with Gasteiger partial charge in [0.15, 0.2) is 0 Å². The Balaban J connectivity index is 2.71. The van der Waals surface area contributed by atoms with Gasteiger partial charge < -0.3 is 10.6 Å². The summed E-state index contributed by atoms with van der Waals surface area (Å²) in [7, 11) is 1.64. The second kappa shape index (κ2) is 5.79. The second-order valence-electron chi connectivity index (χ2n) is 3.85. The van der Waals surface area contributed by atoms with Crippen molar-refractivity contribution in [1.29, 1.82) is 0 Å². The molecule has 1 aromatic rings. The van der Waals surface area contributed by atoms with Crippen LogP contribution in [0.2, 0.25) is 0 Å². The average Bonchev–Trinajstić information content (AvgIpc) is 2.72. The fourth-order valence-electron chi connectivity index (χ4n) is 1.28. The lowest BCUT2D eigenvalue weighted by Crippen LogP contribution is -2.41. The molecule has 1 amide bonds. The van der Waals surface area contributed by atoms with Crippen LogP contribution in [0.15, 0.2) is 0 Å². The number of anilines is 1. The summed E-state index contributed by atoms with van der Waals surface area (Å²) in [4.78, 5) is 15.9. The van der Waals surface area contributed by atoms with Crippen molar-refractivity contribution in [2.24, 2.45) is 5.92 Å². The largest absolute Gasteiger partial charge is 0.357 e. The minimum atomic E-state index is -0.261. The lowest BCUT2D eigenvalue weighted by atomic mass is 10.0. The Labute approximate surface area is 99.8 Å². The van der Waals surface area contributed by atoms with Gasteiger partial charge in [-0.25, -0.2) is 4.98 Å². The van der Waals surface area contributed by atoms with Gasteiger partial charge in [0.25, 0.3) is 0 Å². The lowest BCUT2D eigenvalue weighted by Gasteiger charge is -2.19. The number of rotatable bonds is 5. The van der Waals surface area contributed by atoms with Gasteiger partial charge in [-0.1, -0.05) is 20.8 Å². The molecule has 1 atom stereocenters. The van der Waals surface area contributed by atoms with Gasteiger partial charge >= 0.3 is 0 Å². The van der Waals surface area contributed by atoms with Crippen LogP contribution in [0.5, 0.6) is 0 Å². The van der Waals surface area contributed by atoms with Crippen LogP contribution >= 0.6 is 11.5 Å². The standard InChI is InChI=1S/C10H18N4OS/c1-5-7-12-10(16-14-7)13-8(6(2)3)9(15)11-4/h6,8H,5H2,1-4H3,(H,11,15)(H,12,13,14). The summed E-state index contributed by atoms with van der Waals surface area (Å²) < 4.78 is 4.17. The van der Waals surface area contributed by atoms with Gasteiger partial charge in [0.1, 0.15) is 11.9 Å². The minimum absolute atomic E-state index is 0.0248. The van der Waals surface area contributed by atoms with Gasteiger partial charge in [-0.05, 0) is 5.92 Å². The predicted molar refractivity (Wildman–Crippen MR) is 65.6 cm³/mol. The van der Waals surface area contributed by atoms with E-state index >= 15 is 0 Å². The third kappa shape index (κ3) is 3.16. The van der Waals surface area contributed by atoms with Crippen molar-refractivity contribution in [2.75, 3.05) is 12.4 Å². The highest BCUT2D eigenvalue weighted by Gasteiger charge is 2.22. The van der Waals surface area contributed by atoms with Gasteiger partial charge in [0.05, 0.1) is 0 Å². The van der Waals surface area contributed by atoms with Gasteiger partial charge in [-0.2, -0.15) is 4.37 Å². The number of hydrogen-bond donors (Lipinski definition) is 2. The summed E-state index contributed by atoms with van der Waals surface area (Å²) >= 11 is 1.30. The molecule has 90 valence electrons. The molecule has 0 aliphatic rings. The second-order valence-corrected chi connectivity index (χ2v) is 4.60. The van der Waals surface area contributed by atoms with Crippen LogP contribution in [-0.2, 0) is 11.2 Å². The Morgan fingerprint density at radius 2 is 2.19 bits per heavy atom. The van der Waals surface area contributed by atoms with Crippen LogP contribution in [0.4, 0.5) is 5.13 Å². The molecule has 0 saturated carbocycles. The number of carbonyl (C=O) groups excluding carboxylic acids is 1. The molecule has 0 spiro atoms. The molecule has 1 aromatic heterocycles. The molecule has 0 aliphatic carbocycles. The van der Waals surface area contributed by atoms with Crippen molar-refractivity contribution in [3.8, 4) is 0 Å². The highest BCUT2D eigenvalue weighted by atomic mass is 32.1. The van der Waals surface area contributed by atoms with E-state index in [4.69, 9.17) is 0 Å². The number of aryl methyl sites for hydroxylation is 1. The summed E-state index contributed by atoms with van der Waals surface area (Å²) in [5.74, 6) is 0.990. The van der Waals surface area contributed by atoms with E-state index in [-0.39, 0.29) is 17.9 Å². The van der Waals surface area contributed by atoms with E-state index in [1.54, 1.807) is 7.05 Å². The van der Waals surface area contributed by atoms with E-state index in [9.17, 15) is 4.79 Å². The molecule has 16 heavy (non-hydrogen) atoms. The maximum absolute atomic E-state index is 11.6. The highest BCUT2D eigenvalue weighted by molar-refractivity contribution is 7.09. The molecular weight excluding hydrogens is 224 g/mol. The molecule has 2 N–H and O–H groups in total. The number of carbonyl (C=O) groups is 1. The molecule has 0 aliphatic heterocycles. The third-order valence-electron chi connectivity index (χ3n) is 2.26. The maximum Gasteiger partial charge on any atom is 0.242 e. The first kappa shape index (κ1) is 12.9. The Hall–Kier alpha value is -1.17. The van der Waals surface area contributed by atoms with Gasteiger partial charge in [0.2, 0.25) is 11.0 Å². The zero-order valence-corrected chi connectivity index (χ0v) is 10.9. The number of aromatic nitrogens is 2. The van der Waals surface area contributed by atoms with Crippen LogP contribution in [0.3, 0.4) is 0 Å². The predicted octanol–water partition coefficient (Wildman–Crippen LogP) is 1.28. The average molecular weight is 242 g/mol. The quantitative estimate of drug-likeness (QED) is 0.816. The highest BCUT2D eigenvalue weighted by Crippen LogP contribution is 2.15. The molecule has 0 aromatic carbocycles. The molecular formula is C10H18N4OS. The molecule has 1 rings (SSSR count). The molecule has 0 bridgehead atoms. The monoisotopic (exact) mass is 242 g/mol. The lowest BCUT2D eigenvalue weighted by molar-refractivity contribution is -0.122. The number of nitrogens with one attached hydrogen (secondary N) is 2. The van der Waals surface area contributed by atoms with Gasteiger partial charge in [-0.15, -0.1) is 0 Å². The van der Waals surface area contributed by atoms with Crippen LogP contribution in [0.25, 0.3) is 0 Å². The topological polar surface area (TPSA) is 66.9 Å². The van der Waals surface area contributed by atoms with Crippen molar-refractivity contribution in [2.45, 2.75) is 33.2 Å². The van der Waals surface area contributed by atoms with Gasteiger partial charge in [0, 0.05) is 25.0 Å². The van der Waals surface area contributed by atoms with Crippen molar-refractivity contribution in [1.82, 2.24) is 14.7 Å². The van der Waals surface area contributed by atoms with Crippen LogP contribution in [0.1, 0.15) is 26.6 Å². The molecule has 0 radical (unpaired) electrons. The van der Waals surface area contributed by atoms with Crippen LogP contribution < -0.4 is 10.6 Å². The Morgan fingerprint density at radius 3 is 2.62 bits per heavy atom. The molecule has 0 fully saturated rings. The summed E-state index contributed by atoms with van der Waals surface area (Å²) in [5, 5.41) is 6.47. The number of hydrogen-bond acceptors (Lipinski definition) is 5. The first-order chi connectivity index (χ1) is 7.58. The van der Waals surface area contributed by atoms with Crippen molar-refractivity contribution >= 4 is 22.6 Å². The summed E-state index contributed by atoms with van der Waals surface area (Å²) in [6.45, 7) is 5.99. The molecule has 1 heterocycles. The molecule has 1 unspecified atom stereocenters. The van der Waals surface area contributed by atoms with Crippen molar-refractivity contribution in [3.63, 3.8) is 0 Å². The minimum Gasteiger partial charge on any atom is -0.357 e. The normalized spacial score (nSPS) is 12.6. The summed E-state index contributed by atoms with van der Waals surface area (Å²) in [6, 6.07) is -0.261. The van der Waals surface area contributed by atoms with E-state index in [1.165, 1.54) is 11.5 Å². The smallest absolute Gasteiger partial charge is 0.242 e. The fourth-order valence-corrected chi connectivity index (χ4v) is 1.97. The molecule has 0 saturated heterocycles. The van der Waals surface area contributed by atoms with E-state index in [1.807, 2.05) is 20.8 Å². The SMILES string of the molecule is CCc1nsc(NC(C(=O)NC)C(C)C)n1. The van der Waals surface area contributed by atoms with Crippen LogP contribution in [-0.4, -0.2) is 28.4 Å². The van der Waals surface area contributed by atoms with E-state index < -0.39 is 0 Å². The Kier molecular flexibility index (Phi) is 4.67. The fraction of sp³-hybridized carbons (Fsp3) is 0.700. The Morgan fingerprint density at radius 1 is 1.50 bits per heavy atom. The van der Waals surface area contributed by atoms with Crippen molar-refractivity contribution in [3.05, 3.63) is 5.82 Å². The summed E-state index contributed by atoms with van der Waals surface area (Å²) in [5.41, 5.74) is 0. The zero-order chi connectivity index (χ0) is 12.1. The maximum atomic E-state index is 11.6. The zero-order valence-electron chi connectivity index (χ0n) is 10.1. The number of likely N-dealkylation sites (N-methyl/N-ethyl adjacent to an activating group) is 1. The van der Waals surface area contributed by atoms with Crippen molar-refractivity contribution < 1.29 is 4.79 Å². The van der Waals surface area contributed by atoms with E-state index in [0.717, 1.165) is 12.2 Å². The molecule has 6 heteroatoms. The van der Waals surface area contributed by atoms with E-state index in [0.29, 0.717) is 5.13 Å². The first-order valence-corrected chi connectivity index (χ1v) is 6.16. The first-order valence-electron chi connectivity index (χ1n) is 5.39. The summed E-state index contributed by atoms with van der Waals surface area (Å²) in [6.07, 6.45) is 0.810. The molecule has 5 nitrogen and oxygen atoms in total. The third-order valence-corrected chi connectivity index (χ3v) is 2.94. The number of amides is 1. The number of nitrogens with zero attached hydrogens (tertiary/aromatic N) is 2. The van der Waals surface area contributed by atoms with E-state index in [2.05, 4.69) is 20.0 Å².